The van der Waals surface area contributed by atoms with E-state index in [2.05, 4.69) is 4.98 Å². The maximum atomic E-state index is 14.0. The van der Waals surface area contributed by atoms with E-state index in [-0.39, 0.29) is 24.1 Å². The highest BCUT2D eigenvalue weighted by Crippen LogP contribution is 2.32. The van der Waals surface area contributed by atoms with Crippen molar-refractivity contribution < 1.29 is 18.7 Å². The van der Waals surface area contributed by atoms with Crippen molar-refractivity contribution in [3.8, 4) is 11.3 Å². The summed E-state index contributed by atoms with van der Waals surface area (Å²) in [5, 5.41) is 0.782. The summed E-state index contributed by atoms with van der Waals surface area (Å²) in [4.78, 5) is 30.1. The molecule has 0 aliphatic carbocycles. The number of amides is 1. The minimum Gasteiger partial charge on any atom is -0.467 e. The zero-order valence-corrected chi connectivity index (χ0v) is 17.0. The number of methoxy groups -OCH3 is 1. The first-order valence-electron chi connectivity index (χ1n) is 10.3. The zero-order chi connectivity index (χ0) is 21.1. The number of hydrogen-bond donors (Lipinski definition) is 1. The lowest BCUT2D eigenvalue weighted by molar-refractivity contribution is -0.154. The molecule has 5 nitrogen and oxygen atoms in total. The number of aromatic nitrogens is 1. The minimum absolute atomic E-state index is 0.0742. The Morgan fingerprint density at radius 3 is 2.73 bits per heavy atom. The van der Waals surface area contributed by atoms with Crippen LogP contribution in [0.4, 0.5) is 4.39 Å². The Hall–Kier alpha value is -3.15. The van der Waals surface area contributed by atoms with Gasteiger partial charge < -0.3 is 14.6 Å². The van der Waals surface area contributed by atoms with Gasteiger partial charge in [-0.05, 0) is 55.0 Å². The van der Waals surface area contributed by atoms with E-state index < -0.39 is 6.04 Å². The van der Waals surface area contributed by atoms with E-state index in [0.717, 1.165) is 40.6 Å². The molecule has 1 amide bonds. The number of nitrogens with one attached hydrogen (secondary N) is 1. The van der Waals surface area contributed by atoms with Gasteiger partial charge in [-0.1, -0.05) is 30.3 Å². The number of carbonyl (C=O) groups excluding carboxylic acids is 2. The zero-order valence-electron chi connectivity index (χ0n) is 17.0. The molecule has 1 aliphatic heterocycles. The molecule has 30 heavy (non-hydrogen) atoms. The summed E-state index contributed by atoms with van der Waals surface area (Å²) < 4.78 is 18.8. The predicted octanol–water partition coefficient (Wildman–Crippen LogP) is 4.46. The fraction of sp³-hybridized carbons (Fsp3) is 0.333. The second kappa shape index (κ2) is 8.69. The number of carbonyl (C=O) groups is 2. The van der Waals surface area contributed by atoms with Crippen molar-refractivity contribution in [2.24, 2.45) is 0 Å². The number of likely N-dealkylation sites (tertiary alicyclic amines) is 1. The van der Waals surface area contributed by atoms with Gasteiger partial charge in [0.05, 0.1) is 7.11 Å². The smallest absolute Gasteiger partial charge is 0.328 e. The number of nitrogens with zero attached hydrogens (tertiary/aromatic N) is 1. The van der Waals surface area contributed by atoms with Crippen molar-refractivity contribution in [3.63, 3.8) is 0 Å². The summed E-state index contributed by atoms with van der Waals surface area (Å²) in [7, 11) is 1.35. The number of hydrogen-bond acceptors (Lipinski definition) is 3. The first-order chi connectivity index (χ1) is 14.6. The SMILES string of the molecule is COC(=O)C1CCCCN1C(=O)CCc1c(-c2ccccc2)[nH]c2ccc(F)cc12. The predicted molar refractivity (Wildman–Crippen MR) is 113 cm³/mol. The molecule has 0 bridgehead atoms. The highest BCUT2D eigenvalue weighted by Gasteiger charge is 2.32. The molecule has 156 valence electrons. The van der Waals surface area contributed by atoms with Crippen LogP contribution in [-0.4, -0.2) is 41.5 Å². The Morgan fingerprint density at radius 2 is 1.97 bits per heavy atom. The fourth-order valence-corrected chi connectivity index (χ4v) is 4.32. The first-order valence-corrected chi connectivity index (χ1v) is 10.3. The number of rotatable bonds is 5. The van der Waals surface area contributed by atoms with Crippen molar-refractivity contribution in [2.75, 3.05) is 13.7 Å². The van der Waals surface area contributed by atoms with Gasteiger partial charge in [-0.25, -0.2) is 9.18 Å². The van der Waals surface area contributed by atoms with E-state index in [0.29, 0.717) is 19.4 Å². The molecular weight excluding hydrogens is 383 g/mol. The van der Waals surface area contributed by atoms with E-state index in [1.807, 2.05) is 30.3 Å². The van der Waals surface area contributed by atoms with Gasteiger partial charge in [0, 0.05) is 29.6 Å². The maximum Gasteiger partial charge on any atom is 0.328 e. The van der Waals surface area contributed by atoms with Gasteiger partial charge in [-0.2, -0.15) is 0 Å². The number of aryl methyl sites for hydroxylation is 1. The summed E-state index contributed by atoms with van der Waals surface area (Å²) in [5.74, 6) is -0.743. The van der Waals surface area contributed by atoms with Crippen molar-refractivity contribution in [1.82, 2.24) is 9.88 Å². The summed E-state index contributed by atoms with van der Waals surface area (Å²) in [6.07, 6.45) is 3.12. The maximum absolute atomic E-state index is 14.0. The molecule has 1 unspecified atom stereocenters. The first kappa shape index (κ1) is 20.1. The van der Waals surface area contributed by atoms with Gasteiger partial charge in [-0.3, -0.25) is 4.79 Å². The monoisotopic (exact) mass is 408 g/mol. The van der Waals surface area contributed by atoms with Crippen LogP contribution in [0.5, 0.6) is 0 Å². The Kier molecular flexibility index (Phi) is 5.84. The van der Waals surface area contributed by atoms with E-state index in [1.54, 1.807) is 11.0 Å². The summed E-state index contributed by atoms with van der Waals surface area (Å²) in [5.41, 5.74) is 3.63. The number of piperidine rings is 1. The summed E-state index contributed by atoms with van der Waals surface area (Å²) >= 11 is 0. The molecule has 1 atom stereocenters. The van der Waals surface area contributed by atoms with E-state index in [4.69, 9.17) is 4.74 Å². The van der Waals surface area contributed by atoms with Crippen molar-refractivity contribution >= 4 is 22.8 Å². The lowest BCUT2D eigenvalue weighted by Crippen LogP contribution is -2.48. The molecule has 4 rings (SSSR count). The average molecular weight is 408 g/mol. The molecule has 6 heteroatoms. The van der Waals surface area contributed by atoms with Crippen LogP contribution in [0.2, 0.25) is 0 Å². The molecule has 1 aromatic heterocycles. The molecule has 3 aromatic rings. The molecule has 1 aliphatic rings. The molecule has 2 aromatic carbocycles. The number of aromatic amines is 1. The largest absolute Gasteiger partial charge is 0.467 e. The average Bonchev–Trinajstić information content (AvgIpc) is 3.15. The Balaban J connectivity index is 1.62. The number of ether oxygens (including phenoxy) is 1. The molecule has 0 saturated carbocycles. The van der Waals surface area contributed by atoms with Crippen LogP contribution in [0.1, 0.15) is 31.2 Å². The number of esters is 1. The molecule has 2 heterocycles. The van der Waals surface area contributed by atoms with Crippen LogP contribution in [-0.2, 0) is 20.7 Å². The van der Waals surface area contributed by atoms with Crippen LogP contribution in [0.25, 0.3) is 22.2 Å². The fourth-order valence-electron chi connectivity index (χ4n) is 4.32. The molecular formula is C24H25FN2O3. The van der Waals surface area contributed by atoms with Gasteiger partial charge in [0.2, 0.25) is 5.91 Å². The third-order valence-corrected chi connectivity index (χ3v) is 5.82. The van der Waals surface area contributed by atoms with Crippen molar-refractivity contribution in [2.45, 2.75) is 38.1 Å². The van der Waals surface area contributed by atoms with Gasteiger partial charge in [0.25, 0.3) is 0 Å². The summed E-state index contributed by atoms with van der Waals surface area (Å²) in [6.45, 7) is 0.562. The molecule has 1 saturated heterocycles. The Morgan fingerprint density at radius 1 is 1.17 bits per heavy atom. The standard InChI is InChI=1S/C24H25FN2O3/c1-30-24(29)21-9-5-6-14-27(21)22(28)13-11-18-19-15-17(25)10-12-20(19)26-23(18)16-7-3-2-4-8-16/h2-4,7-8,10,12,15,21,26H,5-6,9,11,13-14H2,1H3. The summed E-state index contributed by atoms with van der Waals surface area (Å²) in [6, 6.07) is 14.0. The Bertz CT molecular complexity index is 1060. The molecule has 1 N–H and O–H groups in total. The number of fused-ring (bicyclic) bond motifs is 1. The second-order valence-corrected chi connectivity index (χ2v) is 7.66. The van der Waals surface area contributed by atoms with Crippen LogP contribution in [0, 0.1) is 5.82 Å². The van der Waals surface area contributed by atoms with Crippen molar-refractivity contribution in [3.05, 3.63) is 59.9 Å². The second-order valence-electron chi connectivity index (χ2n) is 7.66. The van der Waals surface area contributed by atoms with Gasteiger partial charge in [0.15, 0.2) is 0 Å². The quantitative estimate of drug-likeness (QED) is 0.634. The Labute approximate surface area is 174 Å². The van der Waals surface area contributed by atoms with Gasteiger partial charge >= 0.3 is 5.97 Å². The van der Waals surface area contributed by atoms with Crippen molar-refractivity contribution in [1.29, 1.82) is 0 Å². The third kappa shape index (κ3) is 3.95. The lowest BCUT2D eigenvalue weighted by Gasteiger charge is -2.33. The number of H-pyrrole nitrogens is 1. The normalized spacial score (nSPS) is 16.6. The molecule has 1 fully saturated rings. The van der Waals surface area contributed by atoms with Crippen LogP contribution >= 0.6 is 0 Å². The van der Waals surface area contributed by atoms with E-state index >= 15 is 0 Å². The number of halogens is 1. The molecule has 0 spiro atoms. The van der Waals surface area contributed by atoms with Crippen LogP contribution in [0.3, 0.4) is 0 Å². The lowest BCUT2D eigenvalue weighted by atomic mass is 9.98. The third-order valence-electron chi connectivity index (χ3n) is 5.82. The van der Waals surface area contributed by atoms with Crippen LogP contribution < -0.4 is 0 Å². The topological polar surface area (TPSA) is 62.4 Å². The van der Waals surface area contributed by atoms with E-state index in [1.165, 1.54) is 19.2 Å². The minimum atomic E-state index is -0.509. The number of benzene rings is 2. The van der Waals surface area contributed by atoms with Crippen LogP contribution in [0.15, 0.2) is 48.5 Å². The van der Waals surface area contributed by atoms with Gasteiger partial charge in [-0.15, -0.1) is 0 Å². The van der Waals surface area contributed by atoms with Gasteiger partial charge in [0.1, 0.15) is 11.9 Å². The molecule has 0 radical (unpaired) electrons. The highest BCUT2D eigenvalue weighted by molar-refractivity contribution is 5.92. The van der Waals surface area contributed by atoms with E-state index in [9.17, 15) is 14.0 Å². The highest BCUT2D eigenvalue weighted by atomic mass is 19.1.